The van der Waals surface area contributed by atoms with Crippen molar-refractivity contribution in [3.8, 4) is 0 Å². The Morgan fingerprint density at radius 1 is 1.38 bits per heavy atom. The number of ether oxygens (including phenoxy) is 1. The van der Waals surface area contributed by atoms with Crippen molar-refractivity contribution in [3.63, 3.8) is 0 Å². The van der Waals surface area contributed by atoms with Gasteiger partial charge in [0.2, 0.25) is 5.95 Å². The minimum Gasteiger partial charge on any atom is -0.444 e. The molecule has 9 nitrogen and oxygen atoms in total. The molecule has 1 fully saturated rings. The Morgan fingerprint density at radius 3 is 2.75 bits per heavy atom. The Kier molecular flexibility index (Phi) is 4.16. The topological polar surface area (TPSA) is 116 Å². The third kappa shape index (κ3) is 3.66. The van der Waals surface area contributed by atoms with Crippen LogP contribution in [-0.4, -0.2) is 51.0 Å². The number of aromatic amines is 2. The summed E-state index contributed by atoms with van der Waals surface area (Å²) < 4.78 is 5.27. The van der Waals surface area contributed by atoms with Crippen molar-refractivity contribution in [2.24, 2.45) is 0 Å². The molecule has 0 bridgehead atoms. The Morgan fingerprint density at radius 2 is 2.08 bits per heavy atom. The lowest BCUT2D eigenvalue weighted by molar-refractivity contribution is 0.0497. The average molecular weight is 334 g/mol. The molecule has 1 saturated heterocycles. The molecule has 3 heterocycles. The zero-order valence-electron chi connectivity index (χ0n) is 14.0. The number of hydrogen-bond acceptors (Lipinski definition) is 6. The second kappa shape index (κ2) is 6.14. The van der Waals surface area contributed by atoms with E-state index in [1.54, 1.807) is 0 Å². The molecule has 0 spiro atoms. The fraction of sp³-hybridized carbons (Fsp3) is 0.600. The van der Waals surface area contributed by atoms with E-state index in [2.05, 4.69) is 25.5 Å². The van der Waals surface area contributed by atoms with E-state index in [9.17, 15) is 9.59 Å². The maximum absolute atomic E-state index is 12.0. The molecule has 2 aromatic heterocycles. The third-order valence-electron chi connectivity index (χ3n) is 3.82. The molecule has 3 rings (SSSR count). The van der Waals surface area contributed by atoms with E-state index < -0.39 is 11.7 Å². The molecule has 1 amide bonds. The van der Waals surface area contributed by atoms with Crippen LogP contribution in [0.2, 0.25) is 0 Å². The number of carbonyl (C=O) groups excluding carboxylic acids is 1. The number of alkyl carbamates (subject to hydrolysis) is 1. The van der Waals surface area contributed by atoms with E-state index >= 15 is 0 Å². The van der Waals surface area contributed by atoms with Gasteiger partial charge in [0.1, 0.15) is 11.0 Å². The summed E-state index contributed by atoms with van der Waals surface area (Å²) in [6.45, 7) is 6.88. The highest BCUT2D eigenvalue weighted by atomic mass is 16.6. The van der Waals surface area contributed by atoms with E-state index in [0.29, 0.717) is 30.1 Å². The fourth-order valence-corrected chi connectivity index (χ4v) is 2.69. The number of H-pyrrole nitrogens is 2. The summed E-state index contributed by atoms with van der Waals surface area (Å²) in [6.07, 6.45) is 2.57. The summed E-state index contributed by atoms with van der Waals surface area (Å²) in [7, 11) is 0. The summed E-state index contributed by atoms with van der Waals surface area (Å²) in [5, 5.41) is 9.88. The van der Waals surface area contributed by atoms with E-state index in [4.69, 9.17) is 4.74 Å². The highest BCUT2D eigenvalue weighted by molar-refractivity contribution is 5.73. The van der Waals surface area contributed by atoms with Crippen LogP contribution in [0.5, 0.6) is 0 Å². The molecule has 0 radical (unpaired) electrons. The Labute approximate surface area is 138 Å². The minimum absolute atomic E-state index is 0.0544. The second-order valence-corrected chi connectivity index (χ2v) is 6.93. The van der Waals surface area contributed by atoms with Gasteiger partial charge in [-0.1, -0.05) is 0 Å². The average Bonchev–Trinajstić information content (AvgIpc) is 2.95. The van der Waals surface area contributed by atoms with E-state index in [1.165, 1.54) is 6.20 Å². The van der Waals surface area contributed by atoms with Crippen molar-refractivity contribution < 1.29 is 9.53 Å². The molecule has 9 heteroatoms. The van der Waals surface area contributed by atoms with Gasteiger partial charge in [-0.2, -0.15) is 10.1 Å². The highest BCUT2D eigenvalue weighted by Crippen LogP contribution is 2.17. The SMILES string of the molecule is CC(C)(C)OC(=O)NC1CCN(c2nc3[nH]ncc3c(=O)[nH]2)CC1. The van der Waals surface area contributed by atoms with Crippen LogP contribution in [0.4, 0.5) is 10.7 Å². The molecule has 0 saturated carbocycles. The number of hydrogen-bond donors (Lipinski definition) is 3. The quantitative estimate of drug-likeness (QED) is 0.758. The van der Waals surface area contributed by atoms with Crippen molar-refractivity contribution in [1.82, 2.24) is 25.5 Å². The number of piperidine rings is 1. The van der Waals surface area contributed by atoms with Crippen molar-refractivity contribution in [2.75, 3.05) is 18.0 Å². The first-order chi connectivity index (χ1) is 11.3. The van der Waals surface area contributed by atoms with Crippen molar-refractivity contribution in [1.29, 1.82) is 0 Å². The molecule has 3 N–H and O–H groups in total. The molecule has 130 valence electrons. The Balaban J connectivity index is 1.60. The van der Waals surface area contributed by atoms with Gasteiger partial charge in [0.25, 0.3) is 5.56 Å². The summed E-state index contributed by atoms with van der Waals surface area (Å²) in [4.78, 5) is 33.0. The molecular weight excluding hydrogens is 312 g/mol. The molecule has 2 aromatic rings. The van der Waals surface area contributed by atoms with E-state index in [-0.39, 0.29) is 11.6 Å². The summed E-state index contributed by atoms with van der Waals surface area (Å²) >= 11 is 0. The summed E-state index contributed by atoms with van der Waals surface area (Å²) in [5.74, 6) is 0.521. The summed E-state index contributed by atoms with van der Waals surface area (Å²) in [6, 6.07) is 0.0544. The van der Waals surface area contributed by atoms with Crippen LogP contribution in [0.25, 0.3) is 11.0 Å². The zero-order chi connectivity index (χ0) is 17.3. The van der Waals surface area contributed by atoms with Crippen LogP contribution in [0.1, 0.15) is 33.6 Å². The van der Waals surface area contributed by atoms with E-state index in [0.717, 1.165) is 12.8 Å². The molecule has 0 unspecified atom stereocenters. The van der Waals surface area contributed by atoms with Crippen LogP contribution in [-0.2, 0) is 4.74 Å². The van der Waals surface area contributed by atoms with Gasteiger partial charge in [0.15, 0.2) is 5.65 Å². The molecule has 24 heavy (non-hydrogen) atoms. The van der Waals surface area contributed by atoms with Crippen LogP contribution < -0.4 is 15.8 Å². The lowest BCUT2D eigenvalue weighted by Crippen LogP contribution is -2.46. The lowest BCUT2D eigenvalue weighted by Gasteiger charge is -2.33. The number of nitrogens with one attached hydrogen (secondary N) is 3. The molecule has 1 aliphatic heterocycles. The Hall–Kier alpha value is -2.58. The van der Waals surface area contributed by atoms with Gasteiger partial charge >= 0.3 is 6.09 Å². The number of amides is 1. The largest absolute Gasteiger partial charge is 0.444 e. The first-order valence-electron chi connectivity index (χ1n) is 8.00. The molecule has 0 aromatic carbocycles. The number of rotatable bonds is 2. The predicted octanol–water partition coefficient (Wildman–Crippen LogP) is 1.14. The van der Waals surface area contributed by atoms with Crippen LogP contribution >= 0.6 is 0 Å². The monoisotopic (exact) mass is 334 g/mol. The van der Waals surface area contributed by atoms with Crippen molar-refractivity contribution in [3.05, 3.63) is 16.6 Å². The smallest absolute Gasteiger partial charge is 0.407 e. The normalized spacial score (nSPS) is 16.4. The zero-order valence-corrected chi connectivity index (χ0v) is 14.0. The highest BCUT2D eigenvalue weighted by Gasteiger charge is 2.24. The number of fused-ring (bicyclic) bond motifs is 1. The molecular formula is C15H22N6O3. The molecule has 0 atom stereocenters. The fourth-order valence-electron chi connectivity index (χ4n) is 2.69. The first-order valence-corrected chi connectivity index (χ1v) is 8.00. The lowest BCUT2D eigenvalue weighted by atomic mass is 10.1. The maximum atomic E-state index is 12.0. The van der Waals surface area contributed by atoms with Gasteiger partial charge in [0, 0.05) is 19.1 Å². The summed E-state index contributed by atoms with van der Waals surface area (Å²) in [5.41, 5.74) is -0.242. The van der Waals surface area contributed by atoms with Crippen molar-refractivity contribution in [2.45, 2.75) is 45.3 Å². The van der Waals surface area contributed by atoms with Gasteiger partial charge in [0.05, 0.1) is 6.20 Å². The predicted molar refractivity (Wildman–Crippen MR) is 89.1 cm³/mol. The maximum Gasteiger partial charge on any atom is 0.407 e. The van der Waals surface area contributed by atoms with Gasteiger partial charge in [-0.25, -0.2) is 4.79 Å². The van der Waals surface area contributed by atoms with Gasteiger partial charge in [-0.15, -0.1) is 0 Å². The molecule has 1 aliphatic rings. The van der Waals surface area contributed by atoms with E-state index in [1.807, 2.05) is 25.7 Å². The number of nitrogens with zero attached hydrogens (tertiary/aromatic N) is 3. The van der Waals surface area contributed by atoms with Gasteiger partial charge in [-0.3, -0.25) is 14.9 Å². The number of carbonyl (C=O) groups is 1. The van der Waals surface area contributed by atoms with Gasteiger partial charge in [-0.05, 0) is 33.6 Å². The minimum atomic E-state index is -0.506. The number of anilines is 1. The van der Waals surface area contributed by atoms with Crippen LogP contribution in [0.15, 0.2) is 11.0 Å². The Bertz CT molecular complexity index is 782. The van der Waals surface area contributed by atoms with Crippen LogP contribution in [0.3, 0.4) is 0 Å². The first kappa shape index (κ1) is 16.3. The number of aromatic nitrogens is 4. The third-order valence-corrected chi connectivity index (χ3v) is 3.82. The van der Waals surface area contributed by atoms with Gasteiger partial charge < -0.3 is 15.0 Å². The second-order valence-electron chi connectivity index (χ2n) is 6.93. The molecule has 0 aliphatic carbocycles. The standard InChI is InChI=1S/C15H22N6O3/c1-15(2,3)24-14(23)17-9-4-6-21(7-5-9)13-18-11-10(8-16-20-11)12(22)19-13/h8-9H,4-7H2,1-3H3,(H,17,23)(H2,16,18,19,20,22). The van der Waals surface area contributed by atoms with Crippen LogP contribution in [0, 0.1) is 0 Å². The van der Waals surface area contributed by atoms with Crippen molar-refractivity contribution >= 4 is 23.1 Å².